The predicted molar refractivity (Wildman–Crippen MR) is 95.1 cm³/mol. The van der Waals surface area contributed by atoms with Crippen LogP contribution in [0, 0.1) is 0 Å². The molecule has 1 aliphatic rings. The van der Waals surface area contributed by atoms with E-state index < -0.39 is 42.0 Å². The summed E-state index contributed by atoms with van der Waals surface area (Å²) >= 11 is 0. The average molecular weight is 377 g/mol. The lowest BCUT2D eigenvalue weighted by molar-refractivity contribution is -0.147. The molecule has 0 aromatic heterocycles. The molecule has 0 unspecified atom stereocenters. The van der Waals surface area contributed by atoms with Crippen LogP contribution in [0.1, 0.15) is 18.9 Å². The lowest BCUT2D eigenvalue weighted by Crippen LogP contribution is -2.54. The molecule has 1 aliphatic heterocycles. The van der Waals surface area contributed by atoms with Crippen molar-refractivity contribution in [1.29, 1.82) is 0 Å². The van der Waals surface area contributed by atoms with Gasteiger partial charge in [-0.3, -0.25) is 14.9 Å². The molecule has 0 spiro atoms. The largest absolute Gasteiger partial charge is 0.480 e. The molecule has 3 N–H and O–H groups in total. The topological polar surface area (TPSA) is 127 Å². The number of benzene rings is 1. The first kappa shape index (κ1) is 20.4. The van der Waals surface area contributed by atoms with Crippen molar-refractivity contribution in [2.75, 3.05) is 13.6 Å². The molecule has 146 valence electrons. The van der Waals surface area contributed by atoms with E-state index in [9.17, 15) is 29.4 Å². The third-order valence-electron chi connectivity index (χ3n) is 4.50. The Morgan fingerprint density at radius 1 is 1.22 bits per heavy atom. The molecule has 3 atom stereocenters. The zero-order valence-corrected chi connectivity index (χ0v) is 15.2. The maximum Gasteiger partial charge on any atom is 0.328 e. The predicted octanol–water partition coefficient (Wildman–Crippen LogP) is 0.398. The van der Waals surface area contributed by atoms with Gasteiger partial charge in [-0.1, -0.05) is 30.3 Å². The number of carboxylic acid groups (broad SMARTS) is 2. The van der Waals surface area contributed by atoms with E-state index in [0.717, 1.165) is 10.5 Å². The van der Waals surface area contributed by atoms with Crippen molar-refractivity contribution < 1.29 is 29.4 Å². The first-order valence-corrected chi connectivity index (χ1v) is 8.56. The number of nitrogens with one attached hydrogen (secondary N) is 1. The summed E-state index contributed by atoms with van der Waals surface area (Å²) in [6, 6.07) is 5.29. The first-order chi connectivity index (χ1) is 12.7. The van der Waals surface area contributed by atoms with Crippen LogP contribution in [0.2, 0.25) is 0 Å². The highest BCUT2D eigenvalue weighted by molar-refractivity contribution is 6.02. The van der Waals surface area contributed by atoms with Gasteiger partial charge < -0.3 is 15.1 Å². The summed E-state index contributed by atoms with van der Waals surface area (Å²) in [6.45, 7) is 1.31. The molecule has 0 radical (unpaired) electrons. The van der Waals surface area contributed by atoms with Crippen LogP contribution in [0.4, 0.5) is 4.79 Å². The maximum absolute atomic E-state index is 12.6. The van der Waals surface area contributed by atoms with E-state index in [4.69, 9.17) is 0 Å². The van der Waals surface area contributed by atoms with Gasteiger partial charge in [0.05, 0.1) is 12.6 Å². The van der Waals surface area contributed by atoms with Crippen molar-refractivity contribution in [2.45, 2.75) is 37.9 Å². The number of likely N-dealkylation sites (N-methyl/N-ethyl adjacent to an activating group) is 1. The third kappa shape index (κ3) is 4.82. The lowest BCUT2D eigenvalue weighted by Gasteiger charge is -2.25. The smallest absolute Gasteiger partial charge is 0.328 e. The zero-order chi connectivity index (χ0) is 20.1. The average Bonchev–Trinajstić information content (AvgIpc) is 2.93. The Bertz CT molecular complexity index is 723. The summed E-state index contributed by atoms with van der Waals surface area (Å²) in [6.07, 6.45) is 0.738. The molecule has 1 fully saturated rings. The summed E-state index contributed by atoms with van der Waals surface area (Å²) in [4.78, 5) is 49.4. The van der Waals surface area contributed by atoms with E-state index in [2.05, 4.69) is 5.32 Å². The number of urea groups is 1. The molecule has 9 nitrogen and oxygen atoms in total. The number of aryl methyl sites for hydroxylation is 1. The van der Waals surface area contributed by atoms with Gasteiger partial charge in [-0.15, -0.1) is 0 Å². The van der Waals surface area contributed by atoms with Crippen LogP contribution < -0.4 is 5.32 Å². The van der Waals surface area contributed by atoms with Gasteiger partial charge in [-0.2, -0.15) is 0 Å². The van der Waals surface area contributed by atoms with Gasteiger partial charge in [0.15, 0.2) is 6.04 Å². The molecule has 0 aliphatic carbocycles. The summed E-state index contributed by atoms with van der Waals surface area (Å²) < 4.78 is 0. The van der Waals surface area contributed by atoms with Gasteiger partial charge in [0.1, 0.15) is 6.04 Å². The minimum atomic E-state index is -1.29. The Morgan fingerprint density at radius 2 is 1.85 bits per heavy atom. The van der Waals surface area contributed by atoms with Gasteiger partial charge in [0, 0.05) is 7.05 Å². The van der Waals surface area contributed by atoms with Gasteiger partial charge in [-0.05, 0) is 25.3 Å². The number of hydrogen-bond acceptors (Lipinski definition) is 5. The summed E-state index contributed by atoms with van der Waals surface area (Å²) in [7, 11) is 1.41. The van der Waals surface area contributed by atoms with Crippen molar-refractivity contribution in [3.63, 3.8) is 0 Å². The normalized spacial score (nSPS) is 19.0. The number of hydrogen-bond donors (Lipinski definition) is 3. The van der Waals surface area contributed by atoms with Crippen LogP contribution in [0.25, 0.3) is 0 Å². The molecular weight excluding hydrogens is 354 g/mol. The minimum absolute atomic E-state index is 0.108. The second kappa shape index (κ2) is 8.63. The molecule has 1 saturated heterocycles. The maximum atomic E-state index is 12.6. The number of carboxylic acids is 2. The number of rotatable bonds is 8. The number of amides is 3. The molecular formula is C18H23N3O6. The summed E-state index contributed by atoms with van der Waals surface area (Å²) in [5, 5.41) is 21.4. The fourth-order valence-electron chi connectivity index (χ4n) is 2.99. The standard InChI is InChI=1S/C18H23N3O6/c1-11(15(22)21-14(17(25)26)10-20(2)18(21)27)19-13(16(23)24)9-8-12-6-4-3-5-7-12/h3-7,11,13-14,19H,8-10H2,1-2H3,(H,23,24)(H,25,26)/t11-,13-,14-/m0/s1. The van der Waals surface area contributed by atoms with Crippen LogP contribution >= 0.6 is 0 Å². The van der Waals surface area contributed by atoms with Gasteiger partial charge in [-0.25, -0.2) is 14.5 Å². The van der Waals surface area contributed by atoms with Crippen molar-refractivity contribution in [2.24, 2.45) is 0 Å². The van der Waals surface area contributed by atoms with E-state index in [1.54, 1.807) is 0 Å². The van der Waals surface area contributed by atoms with E-state index in [0.29, 0.717) is 11.3 Å². The van der Waals surface area contributed by atoms with Crippen molar-refractivity contribution >= 4 is 23.9 Å². The molecule has 2 rings (SSSR count). The molecule has 3 amide bonds. The van der Waals surface area contributed by atoms with E-state index in [-0.39, 0.29) is 13.0 Å². The van der Waals surface area contributed by atoms with Gasteiger partial charge in [0.25, 0.3) is 0 Å². The second-order valence-electron chi connectivity index (χ2n) is 6.53. The number of carbonyl (C=O) groups is 4. The van der Waals surface area contributed by atoms with E-state index in [1.165, 1.54) is 14.0 Å². The highest BCUT2D eigenvalue weighted by Gasteiger charge is 2.45. The molecule has 0 saturated carbocycles. The van der Waals surface area contributed by atoms with Gasteiger partial charge >= 0.3 is 18.0 Å². The second-order valence-corrected chi connectivity index (χ2v) is 6.53. The van der Waals surface area contributed by atoms with Crippen molar-refractivity contribution in [3.8, 4) is 0 Å². The Hall–Kier alpha value is -2.94. The van der Waals surface area contributed by atoms with Crippen molar-refractivity contribution in [1.82, 2.24) is 15.1 Å². The molecule has 0 bridgehead atoms. The first-order valence-electron chi connectivity index (χ1n) is 8.56. The third-order valence-corrected chi connectivity index (χ3v) is 4.50. The van der Waals surface area contributed by atoms with Gasteiger partial charge in [0.2, 0.25) is 5.91 Å². The number of carbonyl (C=O) groups excluding carboxylic acids is 2. The molecule has 1 aromatic carbocycles. The Morgan fingerprint density at radius 3 is 2.41 bits per heavy atom. The highest BCUT2D eigenvalue weighted by Crippen LogP contribution is 2.17. The molecule has 9 heteroatoms. The Kier molecular flexibility index (Phi) is 6.51. The summed E-state index contributed by atoms with van der Waals surface area (Å²) in [5.41, 5.74) is 0.965. The molecule has 1 aromatic rings. The molecule has 1 heterocycles. The van der Waals surface area contributed by atoms with E-state index >= 15 is 0 Å². The van der Waals surface area contributed by atoms with Crippen LogP contribution in [-0.4, -0.2) is 75.6 Å². The Labute approximate surface area is 156 Å². The number of nitrogens with zero attached hydrogens (tertiary/aromatic N) is 2. The van der Waals surface area contributed by atoms with Crippen LogP contribution in [0.5, 0.6) is 0 Å². The van der Waals surface area contributed by atoms with Crippen LogP contribution in [-0.2, 0) is 20.8 Å². The van der Waals surface area contributed by atoms with Crippen molar-refractivity contribution in [3.05, 3.63) is 35.9 Å². The highest BCUT2D eigenvalue weighted by atomic mass is 16.4. The fraction of sp³-hybridized carbons (Fsp3) is 0.444. The quantitative estimate of drug-likeness (QED) is 0.598. The number of aliphatic carboxylic acids is 2. The number of imide groups is 1. The minimum Gasteiger partial charge on any atom is -0.480 e. The lowest BCUT2D eigenvalue weighted by atomic mass is 10.0. The van der Waals surface area contributed by atoms with Crippen LogP contribution in [0.3, 0.4) is 0 Å². The van der Waals surface area contributed by atoms with E-state index in [1.807, 2.05) is 30.3 Å². The van der Waals surface area contributed by atoms with Crippen LogP contribution in [0.15, 0.2) is 30.3 Å². The monoisotopic (exact) mass is 377 g/mol. The SMILES string of the molecule is C[C@H](N[C@@H](CCc1ccccc1)C(=O)O)C(=O)N1C(=O)N(C)C[C@H]1C(=O)O. The Balaban J connectivity index is 2.04. The zero-order valence-electron chi connectivity index (χ0n) is 15.2. The fourth-order valence-corrected chi connectivity index (χ4v) is 2.99. The molecule has 27 heavy (non-hydrogen) atoms. The summed E-state index contributed by atoms with van der Waals surface area (Å²) in [5.74, 6) is -3.17.